The zero-order valence-electron chi connectivity index (χ0n) is 7.86. The molecular formula is C11H10F2O2. The average molecular weight is 212 g/mol. The Labute approximate surface area is 86.5 Å². The molecule has 0 bridgehead atoms. The maximum absolute atomic E-state index is 11.9. The number of benzene rings is 1. The van der Waals surface area contributed by atoms with Crippen molar-refractivity contribution in [3.8, 4) is 18.1 Å². The molecule has 1 N–H and O–H groups in total. The van der Waals surface area contributed by atoms with Gasteiger partial charge in [0.25, 0.3) is 0 Å². The highest BCUT2D eigenvalue weighted by atomic mass is 19.3. The molecule has 0 spiro atoms. The molecule has 1 aromatic rings. The van der Waals surface area contributed by atoms with Crippen LogP contribution in [-0.2, 0) is 0 Å². The molecule has 0 amide bonds. The Morgan fingerprint density at radius 1 is 1.47 bits per heavy atom. The fraction of sp³-hybridized carbons (Fsp3) is 0.273. The fourth-order valence-electron chi connectivity index (χ4n) is 1.13. The summed E-state index contributed by atoms with van der Waals surface area (Å²) in [5.41, 5.74) is 0.464. The molecule has 80 valence electrons. The first-order chi connectivity index (χ1) is 7.13. The van der Waals surface area contributed by atoms with Crippen molar-refractivity contribution in [1.82, 2.24) is 0 Å². The summed E-state index contributed by atoms with van der Waals surface area (Å²) in [6.07, 6.45) is 4.31. The van der Waals surface area contributed by atoms with Crippen LogP contribution in [0.5, 0.6) is 5.75 Å². The first-order valence-electron chi connectivity index (χ1n) is 4.29. The topological polar surface area (TPSA) is 29.5 Å². The summed E-state index contributed by atoms with van der Waals surface area (Å²) in [5, 5.41) is 9.49. The Morgan fingerprint density at radius 2 is 2.20 bits per heavy atom. The molecule has 1 aromatic carbocycles. The normalized spacial score (nSPS) is 12.2. The number of aliphatic hydroxyl groups is 1. The lowest BCUT2D eigenvalue weighted by molar-refractivity contribution is -0.0499. The minimum absolute atomic E-state index is 0.0126. The monoisotopic (exact) mass is 212 g/mol. The predicted octanol–water partition coefficient (Wildman–Crippen LogP) is 2.34. The van der Waals surface area contributed by atoms with E-state index in [9.17, 15) is 13.9 Å². The standard InChI is InChI=1S/C11H10F2O2/c1-2-4-10(14)8-5-3-6-9(7-8)15-11(12)13/h1,3,5-7,10-11,14H,4H2. The molecule has 2 nitrogen and oxygen atoms in total. The number of aliphatic hydroxyl groups excluding tert-OH is 1. The van der Waals surface area contributed by atoms with Crippen molar-refractivity contribution in [2.24, 2.45) is 0 Å². The van der Waals surface area contributed by atoms with Gasteiger partial charge < -0.3 is 9.84 Å². The van der Waals surface area contributed by atoms with Crippen LogP contribution in [0.1, 0.15) is 18.1 Å². The van der Waals surface area contributed by atoms with Gasteiger partial charge in [0.15, 0.2) is 0 Å². The van der Waals surface area contributed by atoms with Gasteiger partial charge in [0.1, 0.15) is 5.75 Å². The SMILES string of the molecule is C#CCC(O)c1cccc(OC(F)F)c1. The summed E-state index contributed by atoms with van der Waals surface area (Å²) in [4.78, 5) is 0. The molecule has 0 aromatic heterocycles. The van der Waals surface area contributed by atoms with Gasteiger partial charge in [0.2, 0.25) is 0 Å². The van der Waals surface area contributed by atoms with Gasteiger partial charge in [0, 0.05) is 6.42 Å². The number of alkyl halides is 2. The molecule has 4 heteroatoms. The molecule has 1 atom stereocenters. The molecule has 0 radical (unpaired) electrons. The minimum Gasteiger partial charge on any atom is -0.435 e. The first-order valence-corrected chi connectivity index (χ1v) is 4.29. The number of ether oxygens (including phenoxy) is 1. The van der Waals surface area contributed by atoms with Crippen molar-refractivity contribution in [3.63, 3.8) is 0 Å². The number of hydrogen-bond acceptors (Lipinski definition) is 2. The molecule has 0 aliphatic rings. The van der Waals surface area contributed by atoms with E-state index in [1.807, 2.05) is 0 Å². The predicted molar refractivity (Wildman–Crippen MR) is 51.5 cm³/mol. The van der Waals surface area contributed by atoms with Crippen LogP contribution >= 0.6 is 0 Å². The van der Waals surface area contributed by atoms with E-state index in [1.54, 1.807) is 6.07 Å². The number of terminal acetylenes is 1. The lowest BCUT2D eigenvalue weighted by Crippen LogP contribution is -2.03. The van der Waals surface area contributed by atoms with E-state index >= 15 is 0 Å². The summed E-state index contributed by atoms with van der Waals surface area (Å²) in [6.45, 7) is -2.87. The van der Waals surface area contributed by atoms with Crippen molar-refractivity contribution in [2.75, 3.05) is 0 Å². The Morgan fingerprint density at radius 3 is 2.80 bits per heavy atom. The molecule has 1 rings (SSSR count). The summed E-state index contributed by atoms with van der Waals surface area (Å²) < 4.78 is 28.0. The Balaban J connectivity index is 2.78. The van der Waals surface area contributed by atoms with Gasteiger partial charge in [-0.15, -0.1) is 12.3 Å². The van der Waals surface area contributed by atoms with Crippen LogP contribution < -0.4 is 4.74 Å². The van der Waals surface area contributed by atoms with Crippen molar-refractivity contribution < 1.29 is 18.6 Å². The minimum atomic E-state index is -2.87. The van der Waals surface area contributed by atoms with Gasteiger partial charge in [-0.1, -0.05) is 12.1 Å². The van der Waals surface area contributed by atoms with Crippen molar-refractivity contribution in [3.05, 3.63) is 29.8 Å². The summed E-state index contributed by atoms with van der Waals surface area (Å²) in [7, 11) is 0. The van der Waals surface area contributed by atoms with Crippen molar-refractivity contribution >= 4 is 0 Å². The average Bonchev–Trinajstić information content (AvgIpc) is 2.17. The summed E-state index contributed by atoms with van der Waals surface area (Å²) in [5.74, 6) is 2.30. The maximum Gasteiger partial charge on any atom is 0.387 e. The molecular weight excluding hydrogens is 202 g/mol. The van der Waals surface area contributed by atoms with Crippen LogP contribution in [0.3, 0.4) is 0 Å². The Kier molecular flexibility index (Phi) is 4.07. The third-order valence-electron chi connectivity index (χ3n) is 1.78. The highest BCUT2D eigenvalue weighted by Gasteiger charge is 2.09. The lowest BCUT2D eigenvalue weighted by Gasteiger charge is -2.10. The Hall–Kier alpha value is -1.60. The zero-order chi connectivity index (χ0) is 11.3. The zero-order valence-corrected chi connectivity index (χ0v) is 7.86. The second-order valence-corrected chi connectivity index (χ2v) is 2.88. The molecule has 1 unspecified atom stereocenters. The number of halogens is 2. The van der Waals surface area contributed by atoms with Crippen LogP contribution in [0.25, 0.3) is 0 Å². The van der Waals surface area contributed by atoms with E-state index in [0.29, 0.717) is 5.56 Å². The summed E-state index contributed by atoms with van der Waals surface area (Å²) >= 11 is 0. The highest BCUT2D eigenvalue weighted by molar-refractivity contribution is 5.30. The first kappa shape index (κ1) is 11.5. The van der Waals surface area contributed by atoms with Crippen LogP contribution in [0.4, 0.5) is 8.78 Å². The van der Waals surface area contributed by atoms with E-state index in [-0.39, 0.29) is 12.2 Å². The third kappa shape index (κ3) is 3.56. The molecule has 0 fully saturated rings. The number of rotatable bonds is 4. The van der Waals surface area contributed by atoms with Crippen LogP contribution in [0.2, 0.25) is 0 Å². The van der Waals surface area contributed by atoms with Gasteiger partial charge in [-0.2, -0.15) is 8.78 Å². The van der Waals surface area contributed by atoms with Gasteiger partial charge in [0.05, 0.1) is 6.10 Å². The fourth-order valence-corrected chi connectivity index (χ4v) is 1.13. The van der Waals surface area contributed by atoms with Gasteiger partial charge >= 0.3 is 6.61 Å². The second kappa shape index (κ2) is 5.32. The molecule has 0 aliphatic carbocycles. The molecule has 15 heavy (non-hydrogen) atoms. The van der Waals surface area contributed by atoms with E-state index < -0.39 is 12.7 Å². The van der Waals surface area contributed by atoms with Gasteiger partial charge in [-0.05, 0) is 17.7 Å². The van der Waals surface area contributed by atoms with Crippen LogP contribution in [0.15, 0.2) is 24.3 Å². The highest BCUT2D eigenvalue weighted by Crippen LogP contribution is 2.22. The Bertz CT molecular complexity index is 358. The molecule has 0 saturated heterocycles. The van der Waals surface area contributed by atoms with Crippen molar-refractivity contribution in [1.29, 1.82) is 0 Å². The largest absolute Gasteiger partial charge is 0.435 e. The van der Waals surface area contributed by atoms with Gasteiger partial charge in [-0.25, -0.2) is 0 Å². The van der Waals surface area contributed by atoms with E-state index in [0.717, 1.165) is 0 Å². The third-order valence-corrected chi connectivity index (χ3v) is 1.78. The van der Waals surface area contributed by atoms with E-state index in [1.165, 1.54) is 18.2 Å². The van der Waals surface area contributed by atoms with Gasteiger partial charge in [-0.3, -0.25) is 0 Å². The van der Waals surface area contributed by atoms with E-state index in [2.05, 4.69) is 10.7 Å². The second-order valence-electron chi connectivity index (χ2n) is 2.88. The summed E-state index contributed by atoms with van der Waals surface area (Å²) in [6, 6.07) is 5.85. The maximum atomic E-state index is 11.9. The smallest absolute Gasteiger partial charge is 0.387 e. The number of hydrogen-bond donors (Lipinski definition) is 1. The van der Waals surface area contributed by atoms with Crippen LogP contribution in [-0.4, -0.2) is 11.7 Å². The lowest BCUT2D eigenvalue weighted by atomic mass is 10.1. The molecule has 0 saturated carbocycles. The van der Waals surface area contributed by atoms with E-state index in [4.69, 9.17) is 6.42 Å². The molecule has 0 heterocycles. The van der Waals surface area contributed by atoms with Crippen LogP contribution in [0, 0.1) is 12.3 Å². The van der Waals surface area contributed by atoms with Crippen molar-refractivity contribution in [2.45, 2.75) is 19.1 Å². The quantitative estimate of drug-likeness (QED) is 0.776. The molecule has 0 aliphatic heterocycles.